The Labute approximate surface area is 98.8 Å². The van der Waals surface area contributed by atoms with Crippen molar-refractivity contribution >= 4 is 5.97 Å². The maximum atomic E-state index is 10.7. The van der Waals surface area contributed by atoms with E-state index in [4.69, 9.17) is 5.11 Å². The number of rotatable bonds is 4. The molecule has 0 bridgehead atoms. The number of hydrogen-bond donors (Lipinski definition) is 1. The molecule has 2 unspecified atom stereocenters. The molecular formula is C13H25NO2. The summed E-state index contributed by atoms with van der Waals surface area (Å²) < 4.78 is 0. The fraction of sp³-hybridized carbons (Fsp3) is 0.923. The van der Waals surface area contributed by atoms with Gasteiger partial charge in [0, 0.05) is 6.04 Å². The Morgan fingerprint density at radius 1 is 1.31 bits per heavy atom. The molecule has 1 fully saturated rings. The van der Waals surface area contributed by atoms with Crippen LogP contribution in [0.15, 0.2) is 0 Å². The van der Waals surface area contributed by atoms with Crippen LogP contribution in [0.2, 0.25) is 0 Å². The Bertz CT molecular complexity index is 228. The van der Waals surface area contributed by atoms with E-state index in [1.54, 1.807) is 0 Å². The molecule has 0 saturated carbocycles. The predicted octanol–water partition coefficient (Wildman–Crippen LogP) is 2.61. The van der Waals surface area contributed by atoms with E-state index < -0.39 is 5.97 Å². The van der Waals surface area contributed by atoms with Gasteiger partial charge in [-0.2, -0.15) is 0 Å². The van der Waals surface area contributed by atoms with Gasteiger partial charge in [0.1, 0.15) is 0 Å². The fourth-order valence-electron chi connectivity index (χ4n) is 2.63. The highest BCUT2D eigenvalue weighted by atomic mass is 16.4. The molecule has 0 aliphatic carbocycles. The largest absolute Gasteiger partial charge is 0.481 e. The van der Waals surface area contributed by atoms with Crippen LogP contribution in [0.3, 0.4) is 0 Å². The molecule has 1 heterocycles. The molecule has 94 valence electrons. The third-order valence-electron chi connectivity index (χ3n) is 3.84. The average molecular weight is 227 g/mol. The zero-order valence-electron chi connectivity index (χ0n) is 10.8. The van der Waals surface area contributed by atoms with Crippen LogP contribution in [0.5, 0.6) is 0 Å². The van der Waals surface area contributed by atoms with Gasteiger partial charge in [-0.3, -0.25) is 4.79 Å². The molecule has 1 saturated heterocycles. The number of carbonyl (C=O) groups is 1. The number of likely N-dealkylation sites (tertiary alicyclic amines) is 1. The topological polar surface area (TPSA) is 40.5 Å². The van der Waals surface area contributed by atoms with E-state index in [0.717, 1.165) is 24.9 Å². The monoisotopic (exact) mass is 227 g/mol. The molecule has 0 radical (unpaired) electrons. The van der Waals surface area contributed by atoms with Crippen LogP contribution in [0, 0.1) is 11.8 Å². The molecular weight excluding hydrogens is 202 g/mol. The Morgan fingerprint density at radius 2 is 2.00 bits per heavy atom. The highest BCUT2D eigenvalue weighted by Gasteiger charge is 2.23. The van der Waals surface area contributed by atoms with Gasteiger partial charge in [0.25, 0.3) is 0 Å². The van der Waals surface area contributed by atoms with Gasteiger partial charge in [-0.05, 0) is 51.1 Å². The van der Waals surface area contributed by atoms with Crippen molar-refractivity contribution in [2.75, 3.05) is 13.1 Å². The van der Waals surface area contributed by atoms with Crippen molar-refractivity contribution in [2.45, 2.75) is 52.5 Å². The van der Waals surface area contributed by atoms with Crippen molar-refractivity contribution in [1.82, 2.24) is 4.90 Å². The summed E-state index contributed by atoms with van der Waals surface area (Å²) in [4.78, 5) is 13.0. The molecule has 3 nitrogen and oxygen atoms in total. The summed E-state index contributed by atoms with van der Waals surface area (Å²) in [5.41, 5.74) is 0. The van der Waals surface area contributed by atoms with E-state index >= 15 is 0 Å². The normalized spacial score (nSPS) is 25.4. The van der Waals surface area contributed by atoms with Crippen LogP contribution in [-0.4, -0.2) is 35.1 Å². The van der Waals surface area contributed by atoms with Crippen molar-refractivity contribution in [1.29, 1.82) is 0 Å². The average Bonchev–Trinajstić information content (AvgIpc) is 2.41. The molecule has 0 aromatic rings. The van der Waals surface area contributed by atoms with E-state index in [2.05, 4.69) is 18.7 Å². The Hall–Kier alpha value is -0.570. The maximum Gasteiger partial charge on any atom is 0.304 e. The molecule has 1 aliphatic rings. The first-order valence-electron chi connectivity index (χ1n) is 6.46. The van der Waals surface area contributed by atoms with Crippen molar-refractivity contribution in [3.8, 4) is 0 Å². The lowest BCUT2D eigenvalue weighted by molar-refractivity contribution is -0.138. The summed E-state index contributed by atoms with van der Waals surface area (Å²) in [7, 11) is 0. The smallest absolute Gasteiger partial charge is 0.304 e. The molecule has 1 aliphatic heterocycles. The molecule has 16 heavy (non-hydrogen) atoms. The van der Waals surface area contributed by atoms with E-state index in [1.165, 1.54) is 19.3 Å². The molecule has 2 atom stereocenters. The maximum absolute atomic E-state index is 10.7. The lowest BCUT2D eigenvalue weighted by Gasteiger charge is -2.26. The number of nitrogens with zero attached hydrogens (tertiary/aromatic N) is 1. The van der Waals surface area contributed by atoms with Crippen molar-refractivity contribution in [2.24, 2.45) is 11.8 Å². The molecule has 1 rings (SSSR count). The van der Waals surface area contributed by atoms with Crippen LogP contribution < -0.4 is 0 Å². The van der Waals surface area contributed by atoms with E-state index in [1.807, 2.05) is 6.92 Å². The van der Waals surface area contributed by atoms with Gasteiger partial charge in [-0.15, -0.1) is 0 Å². The van der Waals surface area contributed by atoms with Crippen LogP contribution in [0.1, 0.15) is 46.5 Å². The minimum absolute atomic E-state index is 0.184. The van der Waals surface area contributed by atoms with Gasteiger partial charge >= 0.3 is 5.97 Å². The lowest BCUT2D eigenvalue weighted by Crippen LogP contribution is -2.35. The van der Waals surface area contributed by atoms with Crippen LogP contribution >= 0.6 is 0 Å². The minimum Gasteiger partial charge on any atom is -0.481 e. The molecule has 0 aromatic heterocycles. The lowest BCUT2D eigenvalue weighted by atomic mass is 9.89. The zero-order chi connectivity index (χ0) is 12.1. The minimum atomic E-state index is -0.683. The highest BCUT2D eigenvalue weighted by molar-refractivity contribution is 5.67. The quantitative estimate of drug-likeness (QED) is 0.802. The third-order valence-corrected chi connectivity index (χ3v) is 3.84. The van der Waals surface area contributed by atoms with Crippen LogP contribution in [0.4, 0.5) is 0 Å². The molecule has 0 spiro atoms. The zero-order valence-corrected chi connectivity index (χ0v) is 10.8. The summed E-state index contributed by atoms with van der Waals surface area (Å²) in [5, 5.41) is 8.80. The number of carboxylic acids is 1. The number of carboxylic acid groups (broad SMARTS) is 1. The summed E-state index contributed by atoms with van der Waals surface area (Å²) >= 11 is 0. The van der Waals surface area contributed by atoms with Gasteiger partial charge in [-0.25, -0.2) is 0 Å². The van der Waals surface area contributed by atoms with Crippen molar-refractivity contribution in [3.63, 3.8) is 0 Å². The molecule has 3 heteroatoms. The Morgan fingerprint density at radius 3 is 2.56 bits per heavy atom. The van der Waals surface area contributed by atoms with Gasteiger partial charge in [0.15, 0.2) is 0 Å². The van der Waals surface area contributed by atoms with Gasteiger partial charge in [0.2, 0.25) is 0 Å². The second kappa shape index (κ2) is 6.24. The summed E-state index contributed by atoms with van der Waals surface area (Å²) in [6.45, 7) is 8.75. The van der Waals surface area contributed by atoms with E-state index in [-0.39, 0.29) is 12.5 Å². The first-order chi connectivity index (χ1) is 7.50. The van der Waals surface area contributed by atoms with E-state index in [9.17, 15) is 4.79 Å². The SMILES string of the molecule is CC(C)C1CCCN(C(C)CC(=O)O)CC1. The highest BCUT2D eigenvalue weighted by Crippen LogP contribution is 2.25. The molecule has 1 N–H and O–H groups in total. The molecule has 0 aromatic carbocycles. The molecule has 0 amide bonds. The van der Waals surface area contributed by atoms with Crippen LogP contribution in [-0.2, 0) is 4.79 Å². The van der Waals surface area contributed by atoms with E-state index in [0.29, 0.717) is 0 Å². The summed E-state index contributed by atoms with van der Waals surface area (Å²) in [6.07, 6.45) is 4.01. The Kier molecular flexibility index (Phi) is 5.26. The van der Waals surface area contributed by atoms with Crippen molar-refractivity contribution in [3.05, 3.63) is 0 Å². The fourth-order valence-corrected chi connectivity index (χ4v) is 2.63. The number of aliphatic carboxylic acids is 1. The second-order valence-electron chi connectivity index (χ2n) is 5.42. The Balaban J connectivity index is 2.43. The van der Waals surface area contributed by atoms with Gasteiger partial charge in [-0.1, -0.05) is 13.8 Å². The van der Waals surface area contributed by atoms with Crippen LogP contribution in [0.25, 0.3) is 0 Å². The second-order valence-corrected chi connectivity index (χ2v) is 5.42. The summed E-state index contributed by atoms with van der Waals surface area (Å²) in [6, 6.07) is 0.184. The summed E-state index contributed by atoms with van der Waals surface area (Å²) in [5.74, 6) is 0.897. The van der Waals surface area contributed by atoms with Gasteiger partial charge in [0.05, 0.1) is 6.42 Å². The van der Waals surface area contributed by atoms with Crippen molar-refractivity contribution < 1.29 is 9.90 Å². The van der Waals surface area contributed by atoms with Gasteiger partial charge < -0.3 is 10.0 Å². The predicted molar refractivity (Wildman–Crippen MR) is 65.5 cm³/mol. The number of hydrogen-bond acceptors (Lipinski definition) is 2. The first kappa shape index (κ1) is 13.5. The standard InChI is InChI=1S/C13H25NO2/c1-10(2)12-5-4-7-14(8-6-12)11(3)9-13(15)16/h10-12H,4-9H2,1-3H3,(H,15,16). The third kappa shape index (κ3) is 4.12. The first-order valence-corrected chi connectivity index (χ1v) is 6.46.